The lowest BCUT2D eigenvalue weighted by atomic mass is 9.81. The second-order valence-electron chi connectivity index (χ2n) is 4.71. The molecule has 2 nitrogen and oxygen atoms in total. The predicted octanol–water partition coefficient (Wildman–Crippen LogP) is 1.84. The van der Waals surface area contributed by atoms with Crippen LogP contribution in [-0.2, 0) is 0 Å². The van der Waals surface area contributed by atoms with Gasteiger partial charge in [-0.1, -0.05) is 19.3 Å². The molecule has 0 aromatic carbocycles. The monoisotopic (exact) mass is 184 g/mol. The summed E-state index contributed by atoms with van der Waals surface area (Å²) in [6.07, 6.45) is 6.99. The fourth-order valence-corrected chi connectivity index (χ4v) is 2.80. The van der Waals surface area contributed by atoms with Gasteiger partial charge in [-0.15, -0.1) is 0 Å². The second-order valence-corrected chi connectivity index (χ2v) is 4.71. The molecule has 1 saturated carbocycles. The van der Waals surface area contributed by atoms with E-state index in [2.05, 4.69) is 25.9 Å². The summed E-state index contributed by atoms with van der Waals surface area (Å²) in [6, 6.07) is 0.887. The maximum atomic E-state index is 6.03. The Bertz CT molecular complexity index is 129. The van der Waals surface area contributed by atoms with Crippen molar-refractivity contribution in [1.29, 1.82) is 0 Å². The summed E-state index contributed by atoms with van der Waals surface area (Å²) < 4.78 is 0. The van der Waals surface area contributed by atoms with Crippen molar-refractivity contribution in [3.05, 3.63) is 0 Å². The molecule has 78 valence electrons. The Morgan fingerprint density at radius 2 is 1.69 bits per heavy atom. The highest BCUT2D eigenvalue weighted by atomic mass is 15.1. The van der Waals surface area contributed by atoms with Gasteiger partial charge in [0.2, 0.25) is 0 Å². The van der Waals surface area contributed by atoms with Gasteiger partial charge in [-0.05, 0) is 39.8 Å². The lowest BCUT2D eigenvalue weighted by Crippen LogP contribution is -2.48. The summed E-state index contributed by atoms with van der Waals surface area (Å²) in [4.78, 5) is 2.31. The van der Waals surface area contributed by atoms with Crippen molar-refractivity contribution in [2.45, 2.75) is 51.1 Å². The molecule has 0 aromatic heterocycles. The van der Waals surface area contributed by atoms with Crippen LogP contribution in [-0.4, -0.2) is 31.1 Å². The number of rotatable bonds is 3. The third-order valence-electron chi connectivity index (χ3n) is 3.27. The third-order valence-corrected chi connectivity index (χ3v) is 3.27. The topological polar surface area (TPSA) is 29.3 Å². The van der Waals surface area contributed by atoms with Crippen LogP contribution in [0.3, 0.4) is 0 Å². The standard InChI is InChI=1S/C11H24N2/c1-9(12)11(13(2)3)10-7-5-4-6-8-10/h9-11H,4-8,12H2,1-3H3. The van der Waals surface area contributed by atoms with Crippen LogP contribution in [0.4, 0.5) is 0 Å². The van der Waals surface area contributed by atoms with Crippen LogP contribution in [0.15, 0.2) is 0 Å². The zero-order valence-electron chi connectivity index (χ0n) is 9.29. The molecule has 0 saturated heterocycles. The summed E-state index contributed by atoms with van der Waals surface area (Å²) in [5.41, 5.74) is 6.03. The zero-order valence-corrected chi connectivity index (χ0v) is 9.29. The van der Waals surface area contributed by atoms with E-state index in [0.717, 1.165) is 5.92 Å². The number of hydrogen-bond donors (Lipinski definition) is 1. The molecule has 2 heteroatoms. The van der Waals surface area contributed by atoms with Gasteiger partial charge >= 0.3 is 0 Å². The molecule has 2 N–H and O–H groups in total. The fraction of sp³-hybridized carbons (Fsp3) is 1.00. The van der Waals surface area contributed by atoms with Gasteiger partial charge in [0.15, 0.2) is 0 Å². The minimum absolute atomic E-state index is 0.304. The molecular formula is C11H24N2. The van der Waals surface area contributed by atoms with Crippen molar-refractivity contribution in [3.8, 4) is 0 Å². The van der Waals surface area contributed by atoms with Crippen LogP contribution in [0.2, 0.25) is 0 Å². The number of nitrogens with zero attached hydrogens (tertiary/aromatic N) is 1. The first-order chi connectivity index (χ1) is 6.13. The predicted molar refractivity (Wildman–Crippen MR) is 57.7 cm³/mol. The molecule has 2 atom stereocenters. The number of nitrogens with two attached hydrogens (primary N) is 1. The molecule has 1 aliphatic rings. The molecule has 0 heterocycles. The van der Waals surface area contributed by atoms with E-state index in [9.17, 15) is 0 Å². The Kier molecular flexibility index (Phi) is 4.20. The van der Waals surface area contributed by atoms with Gasteiger partial charge in [-0.25, -0.2) is 0 Å². The Morgan fingerprint density at radius 3 is 2.08 bits per heavy atom. The molecule has 0 aromatic rings. The molecule has 0 aliphatic heterocycles. The van der Waals surface area contributed by atoms with E-state index in [1.54, 1.807) is 0 Å². The number of likely N-dealkylation sites (N-methyl/N-ethyl adjacent to an activating group) is 1. The lowest BCUT2D eigenvalue weighted by molar-refractivity contribution is 0.149. The van der Waals surface area contributed by atoms with Crippen LogP contribution >= 0.6 is 0 Å². The van der Waals surface area contributed by atoms with E-state index in [-0.39, 0.29) is 0 Å². The van der Waals surface area contributed by atoms with Gasteiger partial charge < -0.3 is 10.6 Å². The molecule has 0 amide bonds. The average molecular weight is 184 g/mol. The molecule has 2 unspecified atom stereocenters. The second kappa shape index (κ2) is 4.97. The molecular weight excluding hydrogens is 160 g/mol. The van der Waals surface area contributed by atoms with Crippen molar-refractivity contribution < 1.29 is 0 Å². The van der Waals surface area contributed by atoms with E-state index >= 15 is 0 Å². The Balaban J connectivity index is 2.52. The van der Waals surface area contributed by atoms with Crippen LogP contribution in [0.5, 0.6) is 0 Å². The first kappa shape index (κ1) is 11.0. The van der Waals surface area contributed by atoms with E-state index in [1.807, 2.05) is 0 Å². The van der Waals surface area contributed by atoms with E-state index in [0.29, 0.717) is 12.1 Å². The lowest BCUT2D eigenvalue weighted by Gasteiger charge is -2.37. The van der Waals surface area contributed by atoms with Crippen molar-refractivity contribution in [2.24, 2.45) is 11.7 Å². The molecule has 1 rings (SSSR count). The maximum absolute atomic E-state index is 6.03. The van der Waals surface area contributed by atoms with Crippen molar-refractivity contribution >= 4 is 0 Å². The Hall–Kier alpha value is -0.0800. The Morgan fingerprint density at radius 1 is 1.15 bits per heavy atom. The van der Waals surface area contributed by atoms with Gasteiger partial charge in [-0.2, -0.15) is 0 Å². The summed E-state index contributed by atoms with van der Waals surface area (Å²) >= 11 is 0. The zero-order chi connectivity index (χ0) is 9.84. The first-order valence-corrected chi connectivity index (χ1v) is 5.55. The van der Waals surface area contributed by atoms with Crippen LogP contribution in [0.25, 0.3) is 0 Å². The summed E-state index contributed by atoms with van der Waals surface area (Å²) in [6.45, 7) is 2.14. The Labute approximate surface area is 82.5 Å². The molecule has 1 aliphatic carbocycles. The van der Waals surface area contributed by atoms with Crippen LogP contribution < -0.4 is 5.73 Å². The minimum atomic E-state index is 0.304. The van der Waals surface area contributed by atoms with Crippen molar-refractivity contribution in [2.75, 3.05) is 14.1 Å². The summed E-state index contributed by atoms with van der Waals surface area (Å²) in [5.74, 6) is 0.837. The van der Waals surface area contributed by atoms with Gasteiger partial charge in [0.25, 0.3) is 0 Å². The van der Waals surface area contributed by atoms with Crippen molar-refractivity contribution in [3.63, 3.8) is 0 Å². The van der Waals surface area contributed by atoms with Gasteiger partial charge in [0.05, 0.1) is 0 Å². The maximum Gasteiger partial charge on any atom is 0.0266 e. The minimum Gasteiger partial charge on any atom is -0.327 e. The quantitative estimate of drug-likeness (QED) is 0.725. The fourth-order valence-electron chi connectivity index (χ4n) is 2.80. The van der Waals surface area contributed by atoms with Crippen molar-refractivity contribution in [1.82, 2.24) is 4.90 Å². The highest BCUT2D eigenvalue weighted by Gasteiger charge is 2.27. The first-order valence-electron chi connectivity index (χ1n) is 5.55. The molecule has 0 radical (unpaired) electrons. The summed E-state index contributed by atoms with van der Waals surface area (Å²) in [7, 11) is 4.31. The highest BCUT2D eigenvalue weighted by molar-refractivity contribution is 4.84. The molecule has 13 heavy (non-hydrogen) atoms. The average Bonchev–Trinajstić information content (AvgIpc) is 2.04. The number of hydrogen-bond acceptors (Lipinski definition) is 2. The van der Waals surface area contributed by atoms with Gasteiger partial charge in [0, 0.05) is 12.1 Å². The van der Waals surface area contributed by atoms with E-state index < -0.39 is 0 Å². The molecule has 0 bridgehead atoms. The van der Waals surface area contributed by atoms with Gasteiger partial charge in [0.1, 0.15) is 0 Å². The normalized spacial score (nSPS) is 24.7. The smallest absolute Gasteiger partial charge is 0.0266 e. The van der Waals surface area contributed by atoms with E-state index in [1.165, 1.54) is 32.1 Å². The van der Waals surface area contributed by atoms with Crippen LogP contribution in [0, 0.1) is 5.92 Å². The third kappa shape index (κ3) is 2.96. The van der Waals surface area contributed by atoms with E-state index in [4.69, 9.17) is 5.73 Å². The van der Waals surface area contributed by atoms with Gasteiger partial charge in [-0.3, -0.25) is 0 Å². The highest BCUT2D eigenvalue weighted by Crippen LogP contribution is 2.29. The molecule has 0 spiro atoms. The van der Waals surface area contributed by atoms with Crippen LogP contribution in [0.1, 0.15) is 39.0 Å². The molecule has 1 fully saturated rings. The summed E-state index contributed by atoms with van der Waals surface area (Å²) in [5, 5.41) is 0. The largest absolute Gasteiger partial charge is 0.327 e. The SMILES string of the molecule is CC(N)C(C1CCCCC1)N(C)C.